The Bertz CT molecular complexity index is 560. The van der Waals surface area contributed by atoms with Crippen molar-refractivity contribution in [2.24, 2.45) is 0 Å². The Balaban J connectivity index is 2.10. The van der Waals surface area contributed by atoms with Crippen LogP contribution < -0.4 is 0 Å². The smallest absolute Gasteiger partial charge is 0.258 e. The number of hydrogen-bond acceptors (Lipinski definition) is 4. The first-order valence-electron chi connectivity index (χ1n) is 5.13. The lowest BCUT2D eigenvalue weighted by Crippen LogP contribution is -1.90. The molecule has 0 N–H and O–H groups in total. The van der Waals surface area contributed by atoms with Crippen molar-refractivity contribution in [2.75, 3.05) is 0 Å². The van der Waals surface area contributed by atoms with Gasteiger partial charge in [-0.05, 0) is 17.7 Å². The van der Waals surface area contributed by atoms with Gasteiger partial charge in [-0.1, -0.05) is 29.8 Å². The number of thioether (sulfide) groups is 1. The van der Waals surface area contributed by atoms with Crippen molar-refractivity contribution in [3.05, 3.63) is 63.4 Å². The highest BCUT2D eigenvalue weighted by Gasteiger charge is 2.12. The molecule has 2 rings (SSSR count). The number of benzene rings is 1. The number of aromatic nitrogens is 1. The van der Waals surface area contributed by atoms with Gasteiger partial charge in [0.05, 0.1) is 9.82 Å². The molecule has 1 aromatic carbocycles. The molecule has 0 amide bonds. The molecule has 0 atom stereocenters. The van der Waals surface area contributed by atoms with Crippen molar-refractivity contribution >= 4 is 29.1 Å². The summed E-state index contributed by atoms with van der Waals surface area (Å²) >= 11 is 7.10. The van der Waals surface area contributed by atoms with Crippen molar-refractivity contribution in [3.8, 4) is 0 Å². The summed E-state index contributed by atoms with van der Waals surface area (Å²) in [6.07, 6.45) is 1.67. The van der Waals surface area contributed by atoms with E-state index in [4.69, 9.17) is 11.6 Å². The second kappa shape index (κ2) is 5.84. The Morgan fingerprint density at radius 2 is 2.06 bits per heavy atom. The van der Waals surface area contributed by atoms with Crippen LogP contribution in [0.1, 0.15) is 5.56 Å². The maximum absolute atomic E-state index is 10.8. The second-order valence-electron chi connectivity index (χ2n) is 3.50. The number of nitro groups is 1. The Kier molecular flexibility index (Phi) is 4.17. The normalized spacial score (nSPS) is 10.3. The Morgan fingerprint density at radius 3 is 2.72 bits per heavy atom. The van der Waals surface area contributed by atoms with Crippen molar-refractivity contribution in [3.63, 3.8) is 0 Å². The van der Waals surface area contributed by atoms with Crippen LogP contribution in [0, 0.1) is 10.1 Å². The first kappa shape index (κ1) is 12.9. The highest BCUT2D eigenvalue weighted by atomic mass is 35.5. The summed E-state index contributed by atoms with van der Waals surface area (Å²) in [7, 11) is 0. The largest absolute Gasteiger partial charge is 0.282 e. The minimum absolute atomic E-state index is 0.129. The van der Waals surface area contributed by atoms with E-state index in [0.29, 0.717) is 15.8 Å². The van der Waals surface area contributed by atoms with E-state index in [1.165, 1.54) is 17.8 Å². The fourth-order valence-electron chi connectivity index (χ4n) is 1.38. The van der Waals surface area contributed by atoms with Gasteiger partial charge in [-0.15, -0.1) is 11.8 Å². The third-order valence-corrected chi connectivity index (χ3v) is 3.60. The molecule has 0 saturated heterocycles. The highest BCUT2D eigenvalue weighted by molar-refractivity contribution is 7.98. The monoisotopic (exact) mass is 280 g/mol. The van der Waals surface area contributed by atoms with Gasteiger partial charge in [0.1, 0.15) is 5.15 Å². The first-order valence-corrected chi connectivity index (χ1v) is 6.50. The van der Waals surface area contributed by atoms with Crippen LogP contribution in [0.2, 0.25) is 5.15 Å². The number of rotatable bonds is 4. The standard InChI is InChI=1S/C12H9ClN2O2S/c13-12-6-5-9(7-14-12)8-18-11-4-2-1-3-10(11)15(16)17/h1-7H,8H2. The lowest BCUT2D eigenvalue weighted by molar-refractivity contribution is -0.387. The van der Waals surface area contributed by atoms with Crippen molar-refractivity contribution < 1.29 is 4.92 Å². The SMILES string of the molecule is O=[N+]([O-])c1ccccc1SCc1ccc(Cl)nc1. The average molecular weight is 281 g/mol. The predicted molar refractivity (Wildman–Crippen MR) is 71.9 cm³/mol. The van der Waals surface area contributed by atoms with Crippen LogP contribution in [0.25, 0.3) is 0 Å². The van der Waals surface area contributed by atoms with Gasteiger partial charge < -0.3 is 0 Å². The quantitative estimate of drug-likeness (QED) is 0.368. The van der Waals surface area contributed by atoms with Crippen LogP contribution in [-0.2, 0) is 5.75 Å². The zero-order chi connectivity index (χ0) is 13.0. The van der Waals surface area contributed by atoms with E-state index in [-0.39, 0.29) is 10.6 Å². The Hall–Kier alpha value is -1.59. The van der Waals surface area contributed by atoms with Crippen LogP contribution in [0.4, 0.5) is 5.69 Å². The predicted octanol–water partition coefficient (Wildman–Crippen LogP) is 3.94. The fraction of sp³-hybridized carbons (Fsp3) is 0.0833. The van der Waals surface area contributed by atoms with Crippen molar-refractivity contribution in [1.29, 1.82) is 0 Å². The zero-order valence-corrected chi connectivity index (χ0v) is 10.8. The molecule has 0 unspecified atom stereocenters. The van der Waals surface area contributed by atoms with Crippen LogP contribution in [-0.4, -0.2) is 9.91 Å². The summed E-state index contributed by atoms with van der Waals surface area (Å²) in [4.78, 5) is 15.1. The second-order valence-corrected chi connectivity index (χ2v) is 4.91. The molecule has 1 heterocycles. The molecule has 1 aromatic heterocycles. The van der Waals surface area contributed by atoms with Gasteiger partial charge in [0.15, 0.2) is 0 Å². The maximum atomic E-state index is 10.8. The molecule has 0 saturated carbocycles. The molecule has 0 radical (unpaired) electrons. The minimum atomic E-state index is -0.373. The summed E-state index contributed by atoms with van der Waals surface area (Å²) < 4.78 is 0. The maximum Gasteiger partial charge on any atom is 0.282 e. The number of hydrogen-bond donors (Lipinski definition) is 0. The van der Waals surface area contributed by atoms with Gasteiger partial charge in [0, 0.05) is 18.0 Å². The Labute approximate surface area is 113 Å². The summed E-state index contributed by atoms with van der Waals surface area (Å²) in [5.41, 5.74) is 1.10. The van der Waals surface area contributed by atoms with Gasteiger partial charge in [0.2, 0.25) is 0 Å². The number of pyridine rings is 1. The van der Waals surface area contributed by atoms with E-state index in [9.17, 15) is 10.1 Å². The van der Waals surface area contributed by atoms with Crippen LogP contribution in [0.15, 0.2) is 47.5 Å². The molecule has 6 heteroatoms. The Morgan fingerprint density at radius 1 is 1.28 bits per heavy atom. The van der Waals surface area contributed by atoms with E-state index in [1.807, 2.05) is 6.07 Å². The number of nitro benzene ring substituents is 1. The van der Waals surface area contributed by atoms with Crippen molar-refractivity contribution in [2.45, 2.75) is 10.6 Å². The lowest BCUT2D eigenvalue weighted by Gasteiger charge is -2.02. The highest BCUT2D eigenvalue weighted by Crippen LogP contribution is 2.30. The number of para-hydroxylation sites is 1. The summed E-state index contributed by atoms with van der Waals surface area (Å²) in [5.74, 6) is 0.620. The molecule has 0 bridgehead atoms. The van der Waals surface area contributed by atoms with Crippen molar-refractivity contribution in [1.82, 2.24) is 4.98 Å². The van der Waals surface area contributed by atoms with Crippen LogP contribution in [0.5, 0.6) is 0 Å². The molecule has 0 spiro atoms. The lowest BCUT2D eigenvalue weighted by atomic mass is 10.3. The summed E-state index contributed by atoms with van der Waals surface area (Å²) in [5, 5.41) is 11.3. The first-order chi connectivity index (χ1) is 8.66. The number of nitrogens with zero attached hydrogens (tertiary/aromatic N) is 2. The molecule has 2 aromatic rings. The topological polar surface area (TPSA) is 56.0 Å². The molecule has 0 fully saturated rings. The molecule has 18 heavy (non-hydrogen) atoms. The van der Waals surface area contributed by atoms with E-state index in [0.717, 1.165) is 5.56 Å². The minimum Gasteiger partial charge on any atom is -0.258 e. The average Bonchev–Trinajstić information content (AvgIpc) is 2.38. The molecule has 0 aliphatic rings. The molecule has 0 aliphatic heterocycles. The number of halogens is 1. The fourth-order valence-corrected chi connectivity index (χ4v) is 2.45. The van der Waals surface area contributed by atoms with Gasteiger partial charge in [-0.25, -0.2) is 4.98 Å². The summed E-state index contributed by atoms with van der Waals surface area (Å²) in [6, 6.07) is 10.3. The van der Waals surface area contributed by atoms with Gasteiger partial charge in [0.25, 0.3) is 5.69 Å². The molecule has 0 aliphatic carbocycles. The molecular formula is C12H9ClN2O2S. The van der Waals surface area contributed by atoms with Gasteiger partial charge in [-0.3, -0.25) is 10.1 Å². The molecule has 4 nitrogen and oxygen atoms in total. The van der Waals surface area contributed by atoms with E-state index in [1.54, 1.807) is 30.5 Å². The van der Waals surface area contributed by atoms with Gasteiger partial charge >= 0.3 is 0 Å². The van der Waals surface area contributed by atoms with Gasteiger partial charge in [-0.2, -0.15) is 0 Å². The zero-order valence-electron chi connectivity index (χ0n) is 9.25. The summed E-state index contributed by atoms with van der Waals surface area (Å²) in [6.45, 7) is 0. The third-order valence-electron chi connectivity index (χ3n) is 2.24. The van der Waals surface area contributed by atoms with E-state index in [2.05, 4.69) is 4.98 Å². The molecule has 92 valence electrons. The van der Waals surface area contributed by atoms with Crippen LogP contribution >= 0.6 is 23.4 Å². The molecular weight excluding hydrogens is 272 g/mol. The third kappa shape index (κ3) is 3.21. The van der Waals surface area contributed by atoms with Crippen LogP contribution in [0.3, 0.4) is 0 Å². The van der Waals surface area contributed by atoms with E-state index < -0.39 is 0 Å². The van der Waals surface area contributed by atoms with E-state index >= 15 is 0 Å².